The third-order valence-corrected chi connectivity index (χ3v) is 3.08. The van der Waals surface area contributed by atoms with Gasteiger partial charge in [0.1, 0.15) is 0 Å². The van der Waals surface area contributed by atoms with Gasteiger partial charge in [0.2, 0.25) is 0 Å². The van der Waals surface area contributed by atoms with Gasteiger partial charge in [-0.25, -0.2) is 0 Å². The summed E-state index contributed by atoms with van der Waals surface area (Å²) in [5, 5.41) is 0.880. The van der Waals surface area contributed by atoms with Crippen LogP contribution in [-0.2, 0) is 0 Å². The molecular weight excluding hydrogens is 130 g/mol. The van der Waals surface area contributed by atoms with Crippen molar-refractivity contribution < 1.29 is 0 Å². The van der Waals surface area contributed by atoms with Gasteiger partial charge in [-0.05, 0) is 31.9 Å². The van der Waals surface area contributed by atoms with Crippen molar-refractivity contribution >= 4 is 11.8 Å². The monoisotopic (exact) mass is 145 g/mol. The lowest BCUT2D eigenvalue weighted by atomic mass is 10.1. The van der Waals surface area contributed by atoms with Gasteiger partial charge in [0, 0.05) is 11.3 Å². The van der Waals surface area contributed by atoms with Crippen LogP contribution in [0, 0.1) is 0 Å². The van der Waals surface area contributed by atoms with Crippen molar-refractivity contribution in [2.45, 2.75) is 37.5 Å². The fourth-order valence-electron chi connectivity index (χ4n) is 1.24. The van der Waals surface area contributed by atoms with Gasteiger partial charge >= 0.3 is 0 Å². The van der Waals surface area contributed by atoms with Crippen molar-refractivity contribution in [3.05, 3.63) is 0 Å². The zero-order chi connectivity index (χ0) is 6.69. The van der Waals surface area contributed by atoms with Gasteiger partial charge in [0.25, 0.3) is 0 Å². The van der Waals surface area contributed by atoms with Crippen LogP contribution in [0.4, 0.5) is 0 Å². The summed E-state index contributed by atoms with van der Waals surface area (Å²) in [7, 11) is 0. The fourth-order valence-corrected chi connectivity index (χ4v) is 2.68. The van der Waals surface area contributed by atoms with E-state index in [1.807, 2.05) is 0 Å². The summed E-state index contributed by atoms with van der Waals surface area (Å²) in [6.45, 7) is 2.10. The van der Waals surface area contributed by atoms with Crippen LogP contribution in [-0.4, -0.2) is 17.0 Å². The summed E-state index contributed by atoms with van der Waals surface area (Å²) in [5.74, 6) is 1.36. The van der Waals surface area contributed by atoms with E-state index in [2.05, 4.69) is 18.7 Å². The molecule has 1 heterocycles. The number of hydrogen-bond acceptors (Lipinski definition) is 2. The molecule has 9 heavy (non-hydrogen) atoms. The molecule has 0 aromatic rings. The molecule has 1 aliphatic rings. The summed E-state index contributed by atoms with van der Waals surface area (Å²) < 4.78 is 0. The molecule has 0 radical (unpaired) electrons. The second-order valence-electron chi connectivity index (χ2n) is 2.85. The molecule has 1 unspecified atom stereocenters. The smallest absolute Gasteiger partial charge is 0.00619 e. The predicted molar refractivity (Wildman–Crippen MR) is 43.7 cm³/mol. The highest BCUT2D eigenvalue weighted by molar-refractivity contribution is 8.00. The van der Waals surface area contributed by atoms with Gasteiger partial charge in [-0.15, -0.1) is 0 Å². The van der Waals surface area contributed by atoms with Crippen LogP contribution >= 0.6 is 11.8 Å². The van der Waals surface area contributed by atoms with E-state index < -0.39 is 0 Å². The Labute approximate surface area is 61.4 Å². The summed E-state index contributed by atoms with van der Waals surface area (Å²) in [6.07, 6.45) is 4.01. The Kier molecular flexibility index (Phi) is 2.86. The van der Waals surface area contributed by atoms with Crippen molar-refractivity contribution in [3.8, 4) is 0 Å². The average Bonchev–Trinajstić information content (AvgIpc) is 2.15. The van der Waals surface area contributed by atoms with Gasteiger partial charge < -0.3 is 5.73 Å². The van der Waals surface area contributed by atoms with Crippen molar-refractivity contribution in [1.82, 2.24) is 0 Å². The minimum atomic E-state index is 0.403. The zero-order valence-corrected chi connectivity index (χ0v) is 6.79. The van der Waals surface area contributed by atoms with Crippen LogP contribution in [0.2, 0.25) is 0 Å². The standard InChI is InChI=1S/C7H15NS/c1-6(8)5-7-3-2-4-9-7/h6-7H,2-5,8H2,1H3/t6-,7?/m0/s1. The molecule has 1 nitrogen and oxygen atoms in total. The van der Waals surface area contributed by atoms with Crippen LogP contribution < -0.4 is 5.73 Å². The molecule has 0 saturated carbocycles. The van der Waals surface area contributed by atoms with E-state index >= 15 is 0 Å². The van der Waals surface area contributed by atoms with Crippen molar-refractivity contribution in [2.75, 3.05) is 5.75 Å². The molecule has 2 N–H and O–H groups in total. The maximum absolute atomic E-state index is 5.66. The minimum absolute atomic E-state index is 0.403. The van der Waals surface area contributed by atoms with Crippen molar-refractivity contribution in [1.29, 1.82) is 0 Å². The number of thioether (sulfide) groups is 1. The molecule has 1 rings (SSSR count). The molecule has 54 valence electrons. The van der Waals surface area contributed by atoms with E-state index in [1.54, 1.807) is 0 Å². The van der Waals surface area contributed by atoms with Crippen LogP contribution in [0.15, 0.2) is 0 Å². The second-order valence-corrected chi connectivity index (χ2v) is 4.26. The quantitative estimate of drug-likeness (QED) is 0.639. The fraction of sp³-hybridized carbons (Fsp3) is 1.00. The maximum Gasteiger partial charge on any atom is 0.00619 e. The van der Waals surface area contributed by atoms with E-state index in [1.165, 1.54) is 25.0 Å². The van der Waals surface area contributed by atoms with E-state index in [0.717, 1.165) is 5.25 Å². The van der Waals surface area contributed by atoms with Gasteiger partial charge in [-0.2, -0.15) is 11.8 Å². The van der Waals surface area contributed by atoms with Crippen LogP contribution in [0.25, 0.3) is 0 Å². The molecule has 0 spiro atoms. The first-order valence-electron chi connectivity index (χ1n) is 3.66. The van der Waals surface area contributed by atoms with E-state index in [9.17, 15) is 0 Å². The van der Waals surface area contributed by atoms with E-state index in [4.69, 9.17) is 5.73 Å². The summed E-state index contributed by atoms with van der Waals surface area (Å²) in [4.78, 5) is 0. The first-order valence-corrected chi connectivity index (χ1v) is 4.71. The molecule has 1 aliphatic heterocycles. The molecular formula is C7H15NS. The number of hydrogen-bond donors (Lipinski definition) is 1. The first-order chi connectivity index (χ1) is 4.29. The Bertz CT molecular complexity index is 77.0. The van der Waals surface area contributed by atoms with E-state index in [0.29, 0.717) is 6.04 Å². The SMILES string of the molecule is C[C@H](N)CC1CCCS1. The lowest BCUT2D eigenvalue weighted by Gasteiger charge is -2.09. The molecule has 0 aromatic carbocycles. The highest BCUT2D eigenvalue weighted by atomic mass is 32.2. The minimum Gasteiger partial charge on any atom is -0.328 e. The molecule has 2 heteroatoms. The lowest BCUT2D eigenvalue weighted by molar-refractivity contribution is 0.622. The lowest BCUT2D eigenvalue weighted by Crippen LogP contribution is -2.19. The largest absolute Gasteiger partial charge is 0.328 e. The predicted octanol–water partition coefficient (Wildman–Crippen LogP) is 1.62. The molecule has 1 saturated heterocycles. The maximum atomic E-state index is 5.66. The van der Waals surface area contributed by atoms with E-state index in [-0.39, 0.29) is 0 Å². The van der Waals surface area contributed by atoms with Gasteiger partial charge in [-0.1, -0.05) is 0 Å². The average molecular weight is 145 g/mol. The molecule has 0 bridgehead atoms. The van der Waals surface area contributed by atoms with Gasteiger partial charge in [0.15, 0.2) is 0 Å². The van der Waals surface area contributed by atoms with Gasteiger partial charge in [-0.3, -0.25) is 0 Å². The Hall–Kier alpha value is 0.310. The Morgan fingerprint density at radius 1 is 1.78 bits per heavy atom. The number of nitrogens with two attached hydrogens (primary N) is 1. The molecule has 0 aliphatic carbocycles. The number of rotatable bonds is 2. The Morgan fingerprint density at radius 2 is 2.56 bits per heavy atom. The Morgan fingerprint density at radius 3 is 3.00 bits per heavy atom. The molecule has 2 atom stereocenters. The summed E-state index contributed by atoms with van der Waals surface area (Å²) in [6, 6.07) is 0.403. The van der Waals surface area contributed by atoms with Crippen molar-refractivity contribution in [3.63, 3.8) is 0 Å². The highest BCUT2D eigenvalue weighted by Gasteiger charge is 2.16. The summed E-state index contributed by atoms with van der Waals surface area (Å²) in [5.41, 5.74) is 5.66. The molecule has 0 amide bonds. The highest BCUT2D eigenvalue weighted by Crippen LogP contribution is 2.28. The summed E-state index contributed by atoms with van der Waals surface area (Å²) >= 11 is 2.09. The second kappa shape index (κ2) is 3.47. The van der Waals surface area contributed by atoms with Gasteiger partial charge in [0.05, 0.1) is 0 Å². The zero-order valence-electron chi connectivity index (χ0n) is 5.97. The third-order valence-electron chi connectivity index (χ3n) is 1.66. The van der Waals surface area contributed by atoms with Crippen LogP contribution in [0.1, 0.15) is 26.2 Å². The van der Waals surface area contributed by atoms with Crippen LogP contribution in [0.5, 0.6) is 0 Å². The van der Waals surface area contributed by atoms with Crippen molar-refractivity contribution in [2.24, 2.45) is 5.73 Å². The molecule has 0 aromatic heterocycles. The first kappa shape index (κ1) is 7.42. The molecule has 1 fully saturated rings. The third kappa shape index (κ3) is 2.59. The Balaban J connectivity index is 2.11. The topological polar surface area (TPSA) is 26.0 Å². The van der Waals surface area contributed by atoms with Crippen LogP contribution in [0.3, 0.4) is 0 Å². The normalized spacial score (nSPS) is 30.7.